The van der Waals surface area contributed by atoms with Crippen LogP contribution in [0.3, 0.4) is 0 Å². The van der Waals surface area contributed by atoms with Crippen LogP contribution in [0.25, 0.3) is 10.7 Å². The topological polar surface area (TPSA) is 69.3 Å². The molecule has 1 amide bonds. The Hall–Kier alpha value is -2.93. The van der Waals surface area contributed by atoms with Crippen molar-refractivity contribution in [1.29, 1.82) is 0 Å². The fraction of sp³-hybridized carbons (Fsp3) is 0.250. The zero-order chi connectivity index (χ0) is 18.8. The minimum atomic E-state index is -0.393. The number of amides is 1. The summed E-state index contributed by atoms with van der Waals surface area (Å²) in [5.74, 6) is 0.232. The highest BCUT2D eigenvalue weighted by Gasteiger charge is 2.29. The Balaban J connectivity index is 1.51. The highest BCUT2D eigenvalue weighted by Crippen LogP contribution is 2.21. The first-order valence-electron chi connectivity index (χ1n) is 8.87. The van der Waals surface area contributed by atoms with Crippen LogP contribution in [-0.4, -0.2) is 46.5 Å². The summed E-state index contributed by atoms with van der Waals surface area (Å²) in [5, 5.41) is 1.92. The van der Waals surface area contributed by atoms with Crippen LogP contribution in [0.2, 0.25) is 0 Å². The molecule has 1 N–H and O–H groups in total. The molecule has 0 spiro atoms. The summed E-state index contributed by atoms with van der Waals surface area (Å²) in [7, 11) is 0. The second-order valence-electron chi connectivity index (χ2n) is 6.58. The van der Waals surface area contributed by atoms with Crippen LogP contribution in [0.15, 0.2) is 58.8 Å². The zero-order valence-electron chi connectivity index (χ0n) is 15.0. The third-order valence-electron chi connectivity index (χ3n) is 4.79. The van der Waals surface area contributed by atoms with Gasteiger partial charge in [-0.1, -0.05) is 24.3 Å². The zero-order valence-corrected chi connectivity index (χ0v) is 15.8. The van der Waals surface area contributed by atoms with Gasteiger partial charge < -0.3 is 14.8 Å². The molecule has 1 fully saturated rings. The van der Waals surface area contributed by atoms with Crippen LogP contribution < -0.4 is 10.5 Å². The number of aromatic nitrogens is 2. The molecule has 0 radical (unpaired) electrons. The fourth-order valence-electron chi connectivity index (χ4n) is 3.37. The van der Waals surface area contributed by atoms with E-state index in [1.54, 1.807) is 4.90 Å². The van der Waals surface area contributed by atoms with Gasteiger partial charge >= 0.3 is 0 Å². The van der Waals surface area contributed by atoms with Gasteiger partial charge in [0.25, 0.3) is 11.5 Å². The molecular formula is C20H20N4O2S. The molecule has 1 unspecified atom stereocenters. The number of hydrogen-bond donors (Lipinski definition) is 1. The van der Waals surface area contributed by atoms with E-state index in [2.05, 4.69) is 27.0 Å². The molecule has 3 heterocycles. The van der Waals surface area contributed by atoms with Crippen LogP contribution in [-0.2, 0) is 0 Å². The Morgan fingerprint density at radius 2 is 2.00 bits per heavy atom. The smallest absolute Gasteiger partial charge is 0.264 e. The van der Waals surface area contributed by atoms with E-state index < -0.39 is 5.56 Å². The molecule has 1 saturated heterocycles. The minimum Gasteiger partial charge on any atom is -0.368 e. The van der Waals surface area contributed by atoms with E-state index >= 15 is 0 Å². The Morgan fingerprint density at radius 3 is 2.67 bits per heavy atom. The average molecular weight is 380 g/mol. The molecule has 6 nitrogen and oxygen atoms in total. The summed E-state index contributed by atoms with van der Waals surface area (Å²) in [6.07, 6.45) is 1.40. The van der Waals surface area contributed by atoms with Gasteiger partial charge in [0.05, 0.1) is 4.88 Å². The maximum Gasteiger partial charge on any atom is 0.264 e. The molecule has 0 bridgehead atoms. The van der Waals surface area contributed by atoms with Crippen LogP contribution in [0, 0.1) is 0 Å². The van der Waals surface area contributed by atoms with Crippen LogP contribution >= 0.6 is 11.3 Å². The number of rotatable bonds is 3. The van der Waals surface area contributed by atoms with Crippen LogP contribution in [0.1, 0.15) is 17.3 Å². The SMILES string of the molecule is CC1CN(c2ccccc2)CCN1C(=O)c1cnc(-c2cccs2)[nH]c1=O. The molecule has 3 aromatic rings. The van der Waals surface area contributed by atoms with Crippen LogP contribution in [0.5, 0.6) is 0 Å². The second kappa shape index (κ2) is 7.36. The van der Waals surface area contributed by atoms with E-state index in [1.807, 2.05) is 42.6 Å². The normalized spacial score (nSPS) is 17.1. The quantitative estimate of drug-likeness (QED) is 0.759. The van der Waals surface area contributed by atoms with Gasteiger partial charge in [0.15, 0.2) is 0 Å². The molecule has 27 heavy (non-hydrogen) atoms. The Morgan fingerprint density at radius 1 is 1.19 bits per heavy atom. The van der Waals surface area contributed by atoms with Gasteiger partial charge in [-0.05, 0) is 30.5 Å². The fourth-order valence-corrected chi connectivity index (χ4v) is 4.05. The lowest BCUT2D eigenvalue weighted by Gasteiger charge is -2.40. The first-order valence-corrected chi connectivity index (χ1v) is 9.75. The Labute approximate surface area is 161 Å². The van der Waals surface area contributed by atoms with Crippen molar-refractivity contribution in [2.75, 3.05) is 24.5 Å². The lowest BCUT2D eigenvalue weighted by atomic mass is 10.1. The van der Waals surface area contributed by atoms with Gasteiger partial charge in [0.2, 0.25) is 0 Å². The van der Waals surface area contributed by atoms with E-state index in [-0.39, 0.29) is 17.5 Å². The lowest BCUT2D eigenvalue weighted by molar-refractivity contribution is 0.0672. The van der Waals surface area contributed by atoms with Gasteiger partial charge in [0, 0.05) is 37.6 Å². The number of nitrogens with zero attached hydrogens (tertiary/aromatic N) is 3. The number of carbonyl (C=O) groups is 1. The summed E-state index contributed by atoms with van der Waals surface area (Å²) < 4.78 is 0. The summed E-state index contributed by atoms with van der Waals surface area (Å²) >= 11 is 1.49. The summed E-state index contributed by atoms with van der Waals surface area (Å²) in [6.45, 7) is 4.04. The minimum absolute atomic E-state index is 0.00262. The molecule has 1 aromatic carbocycles. The van der Waals surface area contributed by atoms with Crippen molar-refractivity contribution in [2.24, 2.45) is 0 Å². The van der Waals surface area contributed by atoms with Gasteiger partial charge in [-0.25, -0.2) is 4.98 Å². The van der Waals surface area contributed by atoms with Crippen molar-refractivity contribution in [2.45, 2.75) is 13.0 Å². The number of carbonyl (C=O) groups excluding carboxylic acids is 1. The number of H-pyrrole nitrogens is 1. The number of nitrogens with one attached hydrogen (secondary N) is 1. The van der Waals surface area contributed by atoms with Crippen molar-refractivity contribution in [3.8, 4) is 10.7 Å². The number of benzene rings is 1. The first kappa shape index (κ1) is 17.5. The third kappa shape index (κ3) is 3.50. The largest absolute Gasteiger partial charge is 0.368 e. The predicted molar refractivity (Wildman–Crippen MR) is 107 cm³/mol. The Kier molecular flexibility index (Phi) is 4.77. The highest BCUT2D eigenvalue weighted by molar-refractivity contribution is 7.13. The monoisotopic (exact) mass is 380 g/mol. The Bertz CT molecular complexity index is 985. The third-order valence-corrected chi connectivity index (χ3v) is 5.67. The van der Waals surface area contributed by atoms with Crippen molar-refractivity contribution in [3.63, 3.8) is 0 Å². The van der Waals surface area contributed by atoms with Gasteiger partial charge in [-0.15, -0.1) is 11.3 Å². The molecule has 4 rings (SSSR count). The van der Waals surface area contributed by atoms with E-state index in [1.165, 1.54) is 17.5 Å². The molecule has 2 aromatic heterocycles. The lowest BCUT2D eigenvalue weighted by Crippen LogP contribution is -2.54. The van der Waals surface area contributed by atoms with Crippen LogP contribution in [0.4, 0.5) is 5.69 Å². The van der Waals surface area contributed by atoms with Crippen molar-refractivity contribution < 1.29 is 4.79 Å². The number of para-hydroxylation sites is 1. The maximum atomic E-state index is 12.9. The van der Waals surface area contributed by atoms with E-state index in [0.717, 1.165) is 23.7 Å². The number of piperazine rings is 1. The maximum absolute atomic E-state index is 12.9. The summed E-state index contributed by atoms with van der Waals surface area (Å²) in [6, 6.07) is 13.9. The number of hydrogen-bond acceptors (Lipinski definition) is 5. The first-order chi connectivity index (χ1) is 13.1. The summed E-state index contributed by atoms with van der Waals surface area (Å²) in [4.78, 5) is 37.3. The summed E-state index contributed by atoms with van der Waals surface area (Å²) in [5.41, 5.74) is 0.850. The van der Waals surface area contributed by atoms with Gasteiger partial charge in [-0.2, -0.15) is 0 Å². The van der Waals surface area contributed by atoms with E-state index in [4.69, 9.17) is 0 Å². The molecule has 7 heteroatoms. The highest BCUT2D eigenvalue weighted by atomic mass is 32.1. The van der Waals surface area contributed by atoms with Gasteiger partial charge in [-0.3, -0.25) is 9.59 Å². The predicted octanol–water partition coefficient (Wildman–Crippen LogP) is 2.85. The molecule has 0 aliphatic carbocycles. The second-order valence-corrected chi connectivity index (χ2v) is 7.53. The number of anilines is 1. The van der Waals surface area contributed by atoms with Gasteiger partial charge in [0.1, 0.15) is 11.4 Å². The molecule has 1 aliphatic rings. The molecule has 1 atom stereocenters. The molecular weight excluding hydrogens is 360 g/mol. The van der Waals surface area contributed by atoms with E-state index in [9.17, 15) is 9.59 Å². The van der Waals surface area contributed by atoms with E-state index in [0.29, 0.717) is 12.4 Å². The number of thiophene rings is 1. The number of aromatic amines is 1. The standard InChI is InChI=1S/C20H20N4O2S/c1-14-13-23(15-6-3-2-4-7-15)9-10-24(14)20(26)16-12-21-18(22-19(16)25)17-8-5-11-27-17/h2-8,11-12,14H,9-10,13H2,1H3,(H,21,22,25). The molecule has 138 valence electrons. The van der Waals surface area contributed by atoms with Crippen molar-refractivity contribution in [1.82, 2.24) is 14.9 Å². The average Bonchev–Trinajstić information content (AvgIpc) is 3.23. The van der Waals surface area contributed by atoms with Crippen molar-refractivity contribution in [3.05, 3.63) is 70.0 Å². The van der Waals surface area contributed by atoms with Crippen molar-refractivity contribution >= 4 is 22.9 Å². The molecule has 0 saturated carbocycles. The molecule has 1 aliphatic heterocycles.